The van der Waals surface area contributed by atoms with Crippen molar-refractivity contribution in [2.45, 2.75) is 31.6 Å². The lowest BCUT2D eigenvalue weighted by molar-refractivity contribution is -0.132. The van der Waals surface area contributed by atoms with Gasteiger partial charge in [-0.2, -0.15) is 11.8 Å². The standard InChI is InChI=1S/C11H21NO3S/c1-4-9(11(14)15)5-6-12-8(2)10(7-13)16-3/h5,8,10,12-13H,4,6-7H2,1-3H3,(H,14,15). The van der Waals surface area contributed by atoms with E-state index in [0.717, 1.165) is 0 Å². The van der Waals surface area contributed by atoms with E-state index in [-0.39, 0.29) is 17.9 Å². The van der Waals surface area contributed by atoms with Gasteiger partial charge in [-0.05, 0) is 19.6 Å². The molecule has 0 aliphatic heterocycles. The van der Waals surface area contributed by atoms with E-state index in [4.69, 9.17) is 10.2 Å². The van der Waals surface area contributed by atoms with Crippen molar-refractivity contribution in [3.63, 3.8) is 0 Å². The van der Waals surface area contributed by atoms with Gasteiger partial charge in [-0.1, -0.05) is 13.0 Å². The van der Waals surface area contributed by atoms with Crippen LogP contribution < -0.4 is 5.32 Å². The van der Waals surface area contributed by atoms with Crippen molar-refractivity contribution in [3.05, 3.63) is 11.6 Å². The molecule has 16 heavy (non-hydrogen) atoms. The predicted molar refractivity (Wildman–Crippen MR) is 67.9 cm³/mol. The molecule has 0 spiro atoms. The Morgan fingerprint density at radius 3 is 2.56 bits per heavy atom. The number of aliphatic hydroxyl groups excluding tert-OH is 1. The van der Waals surface area contributed by atoms with Crippen LogP contribution in [0.2, 0.25) is 0 Å². The zero-order chi connectivity index (χ0) is 12.6. The third kappa shape index (κ3) is 5.53. The van der Waals surface area contributed by atoms with E-state index in [0.29, 0.717) is 18.5 Å². The van der Waals surface area contributed by atoms with Gasteiger partial charge in [0.05, 0.1) is 6.61 Å². The quantitative estimate of drug-likeness (QED) is 0.561. The van der Waals surface area contributed by atoms with Crippen molar-refractivity contribution >= 4 is 17.7 Å². The number of carboxylic acids is 1. The Bertz CT molecular complexity index is 239. The molecule has 0 bridgehead atoms. The number of carbonyl (C=O) groups is 1. The van der Waals surface area contributed by atoms with Crippen molar-refractivity contribution in [2.75, 3.05) is 19.4 Å². The fourth-order valence-corrected chi connectivity index (χ4v) is 1.97. The number of carboxylic acid groups (broad SMARTS) is 1. The Hall–Kier alpha value is -0.520. The first kappa shape index (κ1) is 15.5. The maximum atomic E-state index is 10.7. The Kier molecular flexibility index (Phi) is 8.33. The second-order valence-electron chi connectivity index (χ2n) is 3.54. The van der Waals surface area contributed by atoms with Crippen LogP contribution in [0.5, 0.6) is 0 Å². The monoisotopic (exact) mass is 247 g/mol. The summed E-state index contributed by atoms with van der Waals surface area (Å²) in [4.78, 5) is 10.7. The molecule has 0 heterocycles. The summed E-state index contributed by atoms with van der Waals surface area (Å²) in [6.45, 7) is 4.45. The first-order chi connectivity index (χ1) is 7.56. The molecule has 0 fully saturated rings. The van der Waals surface area contributed by atoms with Gasteiger partial charge in [0, 0.05) is 23.4 Å². The molecule has 0 radical (unpaired) electrons. The Morgan fingerprint density at radius 2 is 2.19 bits per heavy atom. The Labute approximate surface area is 101 Å². The van der Waals surface area contributed by atoms with Gasteiger partial charge in [0.25, 0.3) is 0 Å². The number of rotatable bonds is 8. The second kappa shape index (κ2) is 8.61. The van der Waals surface area contributed by atoms with Gasteiger partial charge >= 0.3 is 5.97 Å². The van der Waals surface area contributed by atoms with Gasteiger partial charge in [0.2, 0.25) is 0 Å². The number of aliphatic hydroxyl groups is 1. The molecule has 5 heteroatoms. The van der Waals surface area contributed by atoms with Crippen LogP contribution in [0.15, 0.2) is 11.6 Å². The van der Waals surface area contributed by atoms with Crippen LogP contribution in [0.3, 0.4) is 0 Å². The summed E-state index contributed by atoms with van der Waals surface area (Å²) in [6, 6.07) is 0.156. The van der Waals surface area contributed by atoms with Gasteiger partial charge in [0.1, 0.15) is 0 Å². The topological polar surface area (TPSA) is 69.6 Å². The summed E-state index contributed by atoms with van der Waals surface area (Å²) < 4.78 is 0. The van der Waals surface area contributed by atoms with Crippen LogP contribution in [0.25, 0.3) is 0 Å². The Balaban J connectivity index is 4.09. The minimum absolute atomic E-state index is 0.124. The van der Waals surface area contributed by atoms with E-state index in [9.17, 15) is 4.79 Å². The van der Waals surface area contributed by atoms with Crippen molar-refractivity contribution < 1.29 is 15.0 Å². The zero-order valence-electron chi connectivity index (χ0n) is 10.1. The molecule has 0 aromatic carbocycles. The van der Waals surface area contributed by atoms with Crippen LogP contribution in [-0.4, -0.2) is 46.9 Å². The molecule has 0 aromatic heterocycles. The second-order valence-corrected chi connectivity index (χ2v) is 4.62. The lowest BCUT2D eigenvalue weighted by Gasteiger charge is -2.20. The van der Waals surface area contributed by atoms with E-state index in [1.54, 1.807) is 17.8 Å². The van der Waals surface area contributed by atoms with Crippen molar-refractivity contribution in [1.29, 1.82) is 0 Å². The van der Waals surface area contributed by atoms with E-state index in [2.05, 4.69) is 5.32 Å². The third-order valence-corrected chi connectivity index (χ3v) is 3.65. The van der Waals surface area contributed by atoms with Gasteiger partial charge in [-0.25, -0.2) is 4.79 Å². The maximum Gasteiger partial charge on any atom is 0.331 e. The number of hydrogen-bond acceptors (Lipinski definition) is 4. The first-order valence-corrected chi connectivity index (χ1v) is 6.64. The number of nitrogens with one attached hydrogen (secondary N) is 1. The molecule has 2 atom stereocenters. The van der Waals surface area contributed by atoms with E-state index < -0.39 is 5.97 Å². The van der Waals surface area contributed by atoms with Gasteiger partial charge in [0.15, 0.2) is 0 Å². The minimum atomic E-state index is -0.861. The SMILES string of the molecule is CCC(=CCNC(C)C(CO)SC)C(=O)O. The Morgan fingerprint density at radius 1 is 1.56 bits per heavy atom. The summed E-state index contributed by atoms with van der Waals surface area (Å²) in [5.41, 5.74) is 0.421. The average Bonchev–Trinajstić information content (AvgIpc) is 2.25. The zero-order valence-corrected chi connectivity index (χ0v) is 10.9. The molecule has 0 aromatic rings. The third-order valence-electron chi connectivity index (χ3n) is 2.48. The molecule has 2 unspecified atom stereocenters. The number of thioether (sulfide) groups is 1. The fourth-order valence-electron chi connectivity index (χ4n) is 1.32. The highest BCUT2D eigenvalue weighted by atomic mass is 32.2. The number of aliphatic carboxylic acids is 1. The summed E-state index contributed by atoms with van der Waals surface area (Å²) in [5.74, 6) is -0.861. The smallest absolute Gasteiger partial charge is 0.331 e. The molecule has 94 valence electrons. The molecule has 0 aliphatic rings. The molecular weight excluding hydrogens is 226 g/mol. The lowest BCUT2D eigenvalue weighted by atomic mass is 10.2. The van der Waals surface area contributed by atoms with Crippen LogP contribution in [0.4, 0.5) is 0 Å². The number of hydrogen-bond donors (Lipinski definition) is 3. The predicted octanol–water partition coefficient (Wildman–Crippen LogP) is 1.11. The summed E-state index contributed by atoms with van der Waals surface area (Å²) in [5, 5.41) is 21.2. The normalized spacial score (nSPS) is 15.9. The van der Waals surface area contributed by atoms with Crippen molar-refractivity contribution in [3.8, 4) is 0 Å². The van der Waals surface area contributed by atoms with E-state index >= 15 is 0 Å². The molecule has 0 aliphatic carbocycles. The highest BCUT2D eigenvalue weighted by Crippen LogP contribution is 2.10. The highest BCUT2D eigenvalue weighted by Gasteiger charge is 2.13. The lowest BCUT2D eigenvalue weighted by Crippen LogP contribution is -2.37. The van der Waals surface area contributed by atoms with Gasteiger partial charge < -0.3 is 15.5 Å². The molecule has 0 rings (SSSR count). The summed E-state index contributed by atoms with van der Waals surface area (Å²) >= 11 is 1.60. The molecule has 0 saturated carbocycles. The largest absolute Gasteiger partial charge is 0.478 e. The maximum absolute atomic E-state index is 10.7. The highest BCUT2D eigenvalue weighted by molar-refractivity contribution is 7.99. The van der Waals surface area contributed by atoms with E-state index in [1.165, 1.54) is 0 Å². The van der Waals surface area contributed by atoms with Crippen LogP contribution in [0.1, 0.15) is 20.3 Å². The van der Waals surface area contributed by atoms with Crippen LogP contribution in [-0.2, 0) is 4.79 Å². The van der Waals surface area contributed by atoms with E-state index in [1.807, 2.05) is 20.1 Å². The average molecular weight is 247 g/mol. The van der Waals surface area contributed by atoms with Crippen molar-refractivity contribution in [2.24, 2.45) is 0 Å². The summed E-state index contributed by atoms with van der Waals surface area (Å²) in [6.07, 6.45) is 4.16. The van der Waals surface area contributed by atoms with Crippen LogP contribution in [0, 0.1) is 0 Å². The van der Waals surface area contributed by atoms with Gasteiger partial charge in [-0.3, -0.25) is 0 Å². The molecule has 0 saturated heterocycles. The first-order valence-electron chi connectivity index (χ1n) is 5.36. The molecule has 0 amide bonds. The fraction of sp³-hybridized carbons (Fsp3) is 0.727. The summed E-state index contributed by atoms with van der Waals surface area (Å²) in [7, 11) is 0. The molecule has 3 N–H and O–H groups in total. The molecule has 4 nitrogen and oxygen atoms in total. The minimum Gasteiger partial charge on any atom is -0.478 e. The van der Waals surface area contributed by atoms with Gasteiger partial charge in [-0.15, -0.1) is 0 Å². The van der Waals surface area contributed by atoms with Crippen LogP contribution >= 0.6 is 11.8 Å². The molecular formula is C11H21NO3S. The van der Waals surface area contributed by atoms with Crippen molar-refractivity contribution in [1.82, 2.24) is 5.32 Å².